The molecule has 1 saturated heterocycles. The summed E-state index contributed by atoms with van der Waals surface area (Å²) in [4.78, 5) is 32.9. The Bertz CT molecular complexity index is 1630. The maximum absolute atomic E-state index is 13.3. The Labute approximate surface area is 237 Å². The van der Waals surface area contributed by atoms with Crippen molar-refractivity contribution in [3.63, 3.8) is 0 Å². The van der Waals surface area contributed by atoms with Gasteiger partial charge in [0.2, 0.25) is 5.88 Å². The summed E-state index contributed by atoms with van der Waals surface area (Å²) in [6.07, 6.45) is 8.07. The number of ether oxygens (including phenoxy) is 1. The summed E-state index contributed by atoms with van der Waals surface area (Å²) in [5, 5.41) is 17.7. The fraction of sp³-hybridized carbons (Fsp3) is 0.321. The molecule has 0 atom stereocenters. The van der Waals surface area contributed by atoms with E-state index in [0.717, 1.165) is 36.3 Å². The molecule has 0 bridgehead atoms. The van der Waals surface area contributed by atoms with E-state index in [0.29, 0.717) is 28.0 Å². The molecule has 0 unspecified atom stereocenters. The second-order valence-corrected chi connectivity index (χ2v) is 11.9. The largest absolute Gasteiger partial charge is 0.483 e. The number of sulfone groups is 1. The molecule has 5 rings (SSSR count). The third-order valence-corrected chi connectivity index (χ3v) is 7.39. The molecule has 216 valence electrons. The van der Waals surface area contributed by atoms with Crippen molar-refractivity contribution < 1.29 is 27.9 Å². The van der Waals surface area contributed by atoms with Gasteiger partial charge in [0.15, 0.2) is 9.84 Å². The second kappa shape index (κ2) is 13.3. The third-order valence-electron chi connectivity index (χ3n) is 6.55. The van der Waals surface area contributed by atoms with Crippen molar-refractivity contribution in [1.82, 2.24) is 25.1 Å². The molecule has 0 saturated carbocycles. The van der Waals surface area contributed by atoms with Crippen molar-refractivity contribution in [3.05, 3.63) is 65.7 Å². The number of aromatic amines is 1. The summed E-state index contributed by atoms with van der Waals surface area (Å²) in [5.74, 6) is -0.270. The molecule has 1 fully saturated rings. The highest BCUT2D eigenvalue weighted by Crippen LogP contribution is 2.32. The third kappa shape index (κ3) is 7.86. The summed E-state index contributed by atoms with van der Waals surface area (Å²) in [7, 11) is -1.85. The van der Waals surface area contributed by atoms with Crippen LogP contribution in [0, 0.1) is 0 Å². The standard InChI is InChI=1S/C27H30N6O4S.CH2O2/c1-37-27-20(17-38(2,35)36)11-19(14-28-27)18-12-24(22-15-29-32-25(22)13-18)31-26(34)23-8-6-7-21(30-23)16-33-9-4-3-5-10-33;2-1-3/h6-8,11-15H,3-5,9-10,16-17H2,1-2H3,(H,29,32)(H,31,34);1H,(H,2,3). The highest BCUT2D eigenvalue weighted by atomic mass is 32.2. The number of carbonyl (C=O) groups excluding carboxylic acids is 1. The van der Waals surface area contributed by atoms with Crippen LogP contribution >= 0.6 is 0 Å². The van der Waals surface area contributed by atoms with E-state index in [9.17, 15) is 13.2 Å². The molecule has 4 aromatic rings. The van der Waals surface area contributed by atoms with Gasteiger partial charge in [-0.1, -0.05) is 12.5 Å². The van der Waals surface area contributed by atoms with Gasteiger partial charge in [0.1, 0.15) is 5.69 Å². The van der Waals surface area contributed by atoms with E-state index in [1.807, 2.05) is 24.3 Å². The predicted octanol–water partition coefficient (Wildman–Crippen LogP) is 3.51. The van der Waals surface area contributed by atoms with Gasteiger partial charge in [-0.2, -0.15) is 5.10 Å². The van der Waals surface area contributed by atoms with E-state index >= 15 is 0 Å². The van der Waals surface area contributed by atoms with Gasteiger partial charge in [-0.3, -0.25) is 19.6 Å². The van der Waals surface area contributed by atoms with Crippen LogP contribution in [0.4, 0.5) is 5.69 Å². The molecule has 4 heterocycles. The molecular formula is C28H32N6O6S. The Morgan fingerprint density at radius 3 is 2.61 bits per heavy atom. The van der Waals surface area contributed by atoms with E-state index in [1.54, 1.807) is 24.5 Å². The number of fused-ring (bicyclic) bond motifs is 1. The second-order valence-electron chi connectivity index (χ2n) is 9.73. The first-order valence-corrected chi connectivity index (χ1v) is 15.0. The molecule has 0 radical (unpaired) electrons. The summed E-state index contributed by atoms with van der Waals surface area (Å²) < 4.78 is 29.2. The minimum absolute atomic E-state index is 0.202. The number of carbonyl (C=O) groups is 2. The zero-order valence-corrected chi connectivity index (χ0v) is 23.6. The summed E-state index contributed by atoms with van der Waals surface area (Å²) >= 11 is 0. The van der Waals surface area contributed by atoms with E-state index in [4.69, 9.17) is 14.6 Å². The van der Waals surface area contributed by atoms with E-state index in [-0.39, 0.29) is 24.0 Å². The number of hydrogen-bond donors (Lipinski definition) is 3. The molecule has 0 spiro atoms. The summed E-state index contributed by atoms with van der Waals surface area (Å²) in [5.41, 5.74) is 4.34. The van der Waals surface area contributed by atoms with Gasteiger partial charge in [0.25, 0.3) is 12.4 Å². The van der Waals surface area contributed by atoms with Crippen molar-refractivity contribution in [3.8, 4) is 17.0 Å². The lowest BCUT2D eigenvalue weighted by molar-refractivity contribution is -0.122. The number of pyridine rings is 2. The quantitative estimate of drug-likeness (QED) is 0.262. The molecule has 1 aliphatic heterocycles. The Balaban J connectivity index is 0.00000124. The number of nitrogens with zero attached hydrogens (tertiary/aromatic N) is 4. The number of benzene rings is 1. The number of nitrogens with one attached hydrogen (secondary N) is 2. The molecule has 41 heavy (non-hydrogen) atoms. The average molecular weight is 581 g/mol. The first-order valence-electron chi connectivity index (χ1n) is 13.0. The van der Waals surface area contributed by atoms with Crippen LogP contribution in [0.1, 0.15) is 41.0 Å². The smallest absolute Gasteiger partial charge is 0.290 e. The molecule has 3 aromatic heterocycles. The number of anilines is 1. The van der Waals surface area contributed by atoms with Crippen LogP contribution in [0.15, 0.2) is 48.8 Å². The molecule has 1 aromatic carbocycles. The van der Waals surface area contributed by atoms with Crippen LogP contribution in [0.5, 0.6) is 5.88 Å². The van der Waals surface area contributed by atoms with Gasteiger partial charge in [-0.25, -0.2) is 18.4 Å². The van der Waals surface area contributed by atoms with E-state index in [1.165, 1.54) is 32.6 Å². The Morgan fingerprint density at radius 2 is 1.90 bits per heavy atom. The van der Waals surface area contributed by atoms with Crippen molar-refractivity contribution in [2.75, 3.05) is 31.8 Å². The van der Waals surface area contributed by atoms with Gasteiger partial charge in [0.05, 0.1) is 36.0 Å². The number of rotatable bonds is 8. The molecule has 1 aliphatic rings. The first kappa shape index (κ1) is 29.6. The molecular weight excluding hydrogens is 548 g/mol. The molecule has 12 nitrogen and oxygen atoms in total. The number of H-pyrrole nitrogens is 1. The number of carboxylic acid groups (broad SMARTS) is 1. The number of amides is 1. The lowest BCUT2D eigenvalue weighted by Crippen LogP contribution is -2.29. The summed E-state index contributed by atoms with van der Waals surface area (Å²) in [6.45, 7) is 2.58. The van der Waals surface area contributed by atoms with E-state index in [2.05, 4.69) is 30.4 Å². The Hall–Kier alpha value is -4.36. The van der Waals surface area contributed by atoms with Crippen molar-refractivity contribution in [1.29, 1.82) is 0 Å². The molecule has 3 N–H and O–H groups in total. The highest BCUT2D eigenvalue weighted by molar-refractivity contribution is 7.89. The van der Waals surface area contributed by atoms with Gasteiger partial charge in [-0.15, -0.1) is 0 Å². The maximum atomic E-state index is 13.3. The van der Waals surface area contributed by atoms with Crippen LogP contribution in [-0.2, 0) is 26.9 Å². The first-order chi connectivity index (χ1) is 19.7. The van der Waals surface area contributed by atoms with Gasteiger partial charge in [-0.05, 0) is 61.8 Å². The monoisotopic (exact) mass is 580 g/mol. The van der Waals surface area contributed by atoms with Crippen molar-refractivity contribution in [2.45, 2.75) is 31.6 Å². The molecule has 1 amide bonds. The number of piperidine rings is 1. The number of hydrogen-bond acceptors (Lipinski definition) is 9. The van der Waals surface area contributed by atoms with Gasteiger partial charge >= 0.3 is 0 Å². The highest BCUT2D eigenvalue weighted by Gasteiger charge is 2.17. The maximum Gasteiger partial charge on any atom is 0.290 e. The van der Waals surface area contributed by atoms with E-state index < -0.39 is 9.84 Å². The number of likely N-dealkylation sites (tertiary alicyclic amines) is 1. The van der Waals surface area contributed by atoms with Gasteiger partial charge in [0, 0.05) is 35.5 Å². The minimum atomic E-state index is -3.31. The Kier molecular flexibility index (Phi) is 9.63. The van der Waals surface area contributed by atoms with Crippen LogP contribution in [0.3, 0.4) is 0 Å². The SMILES string of the molecule is COc1ncc(-c2cc(NC(=O)c3cccc(CN4CCCCC4)n3)c3cn[nH]c3c2)cc1CS(C)(=O)=O.O=CO. The fourth-order valence-corrected chi connectivity index (χ4v) is 5.55. The lowest BCUT2D eigenvalue weighted by Gasteiger charge is -2.26. The topological polar surface area (TPSA) is 167 Å². The zero-order valence-electron chi connectivity index (χ0n) is 22.8. The van der Waals surface area contributed by atoms with Crippen LogP contribution in [0.2, 0.25) is 0 Å². The van der Waals surface area contributed by atoms with Crippen molar-refractivity contribution in [2.24, 2.45) is 0 Å². The van der Waals surface area contributed by atoms with Gasteiger partial charge < -0.3 is 15.2 Å². The zero-order chi connectivity index (χ0) is 29.4. The fourth-order valence-electron chi connectivity index (χ4n) is 4.77. The number of aromatic nitrogens is 4. The Morgan fingerprint density at radius 1 is 1.15 bits per heavy atom. The molecule has 13 heteroatoms. The van der Waals surface area contributed by atoms with Crippen molar-refractivity contribution >= 4 is 38.8 Å². The van der Waals surface area contributed by atoms with Crippen LogP contribution in [-0.4, -0.2) is 77.4 Å². The number of methoxy groups -OCH3 is 1. The average Bonchev–Trinajstić information content (AvgIpc) is 3.43. The molecule has 0 aliphatic carbocycles. The minimum Gasteiger partial charge on any atom is -0.483 e. The normalized spacial score (nSPS) is 13.7. The lowest BCUT2D eigenvalue weighted by atomic mass is 10.0. The predicted molar refractivity (Wildman–Crippen MR) is 154 cm³/mol. The summed E-state index contributed by atoms with van der Waals surface area (Å²) in [6, 6.07) is 10.9. The van der Waals surface area contributed by atoms with Crippen LogP contribution in [0.25, 0.3) is 22.0 Å². The van der Waals surface area contributed by atoms with Crippen LogP contribution < -0.4 is 10.1 Å².